The summed E-state index contributed by atoms with van der Waals surface area (Å²) in [7, 11) is 3.81. The molecule has 6 heteroatoms. The van der Waals surface area contributed by atoms with E-state index in [0.29, 0.717) is 17.1 Å². The van der Waals surface area contributed by atoms with Crippen molar-refractivity contribution in [2.24, 2.45) is 0 Å². The lowest BCUT2D eigenvalue weighted by molar-refractivity contribution is 0.0938. The molecule has 4 nitrogen and oxygen atoms in total. The van der Waals surface area contributed by atoms with E-state index >= 15 is 0 Å². The molecule has 3 rings (SSSR count). The van der Waals surface area contributed by atoms with Gasteiger partial charge in [-0.15, -0.1) is 0 Å². The molecule has 2 aromatic carbocycles. The minimum Gasteiger partial charge on any atom is -0.350 e. The Morgan fingerprint density at radius 2 is 1.89 bits per heavy atom. The molecule has 0 saturated carbocycles. The van der Waals surface area contributed by atoms with Crippen LogP contribution in [-0.4, -0.2) is 36.4 Å². The number of pyridine rings is 1. The van der Waals surface area contributed by atoms with Crippen molar-refractivity contribution in [3.8, 4) is 0 Å². The van der Waals surface area contributed by atoms with Gasteiger partial charge in [0.05, 0.1) is 11.6 Å². The van der Waals surface area contributed by atoms with Gasteiger partial charge in [0.2, 0.25) is 0 Å². The van der Waals surface area contributed by atoms with Crippen LogP contribution >= 0.6 is 11.8 Å². The average Bonchev–Trinajstić information content (AvgIpc) is 2.69. The van der Waals surface area contributed by atoms with Gasteiger partial charge in [0.15, 0.2) is 0 Å². The first-order valence-corrected chi connectivity index (χ1v) is 9.74. The van der Waals surface area contributed by atoms with E-state index < -0.39 is 0 Å². The smallest absolute Gasteiger partial charge is 0.254 e. The van der Waals surface area contributed by atoms with E-state index in [-0.39, 0.29) is 17.8 Å². The number of amides is 1. The van der Waals surface area contributed by atoms with Crippen LogP contribution in [-0.2, 0) is 0 Å². The summed E-state index contributed by atoms with van der Waals surface area (Å²) < 4.78 is 13.6. The fraction of sp³-hybridized carbons (Fsp3) is 0.182. The van der Waals surface area contributed by atoms with Crippen molar-refractivity contribution in [1.29, 1.82) is 0 Å². The number of carbonyl (C=O) groups excluding carboxylic acids is 1. The number of benzene rings is 2. The molecule has 0 unspecified atom stereocenters. The Balaban J connectivity index is 1.74. The maximum Gasteiger partial charge on any atom is 0.254 e. The highest BCUT2D eigenvalue weighted by atomic mass is 32.2. The van der Waals surface area contributed by atoms with Crippen LogP contribution in [0.4, 0.5) is 4.39 Å². The van der Waals surface area contributed by atoms with Gasteiger partial charge in [0.1, 0.15) is 10.8 Å². The van der Waals surface area contributed by atoms with Crippen molar-refractivity contribution >= 4 is 17.7 Å². The van der Waals surface area contributed by atoms with Crippen LogP contribution in [0.25, 0.3) is 0 Å². The largest absolute Gasteiger partial charge is 0.350 e. The molecule has 1 atom stereocenters. The number of likely N-dealkylation sites (N-methyl/N-ethyl adjacent to an activating group) is 1. The highest BCUT2D eigenvalue weighted by Gasteiger charge is 2.18. The molecule has 1 heterocycles. The van der Waals surface area contributed by atoms with Crippen molar-refractivity contribution in [2.45, 2.75) is 16.0 Å². The van der Waals surface area contributed by atoms with Crippen LogP contribution in [0.3, 0.4) is 0 Å². The first kappa shape index (κ1) is 20.0. The molecule has 1 amide bonds. The summed E-state index contributed by atoms with van der Waals surface area (Å²) in [5.41, 5.74) is 1.34. The molecule has 28 heavy (non-hydrogen) atoms. The number of hydrogen-bond donors (Lipinski definition) is 1. The highest BCUT2D eigenvalue weighted by Crippen LogP contribution is 2.28. The number of halogens is 1. The first-order chi connectivity index (χ1) is 13.5. The number of nitrogens with zero attached hydrogens (tertiary/aromatic N) is 2. The molecule has 1 aromatic heterocycles. The predicted molar refractivity (Wildman–Crippen MR) is 110 cm³/mol. The molecule has 0 aliphatic carbocycles. The van der Waals surface area contributed by atoms with E-state index in [1.807, 2.05) is 55.4 Å². The van der Waals surface area contributed by atoms with Gasteiger partial charge >= 0.3 is 0 Å². The minimum absolute atomic E-state index is 0.137. The van der Waals surface area contributed by atoms with Gasteiger partial charge in [-0.05, 0) is 56.1 Å². The minimum atomic E-state index is -0.288. The zero-order chi connectivity index (χ0) is 19.9. The molecule has 1 N–H and O–H groups in total. The van der Waals surface area contributed by atoms with E-state index in [1.165, 1.54) is 23.9 Å². The molecular formula is C22H22FN3OS. The zero-order valence-corrected chi connectivity index (χ0v) is 16.6. The third-order valence-corrected chi connectivity index (χ3v) is 5.31. The number of hydrogen-bond acceptors (Lipinski definition) is 4. The van der Waals surface area contributed by atoms with E-state index in [0.717, 1.165) is 10.5 Å². The maximum atomic E-state index is 13.6. The SMILES string of the molecule is CN(C)[C@H](CNC(=O)c1cccnc1Sc1ccccc1)c1cccc(F)c1. The normalized spacial score (nSPS) is 12.0. The fourth-order valence-corrected chi connectivity index (χ4v) is 3.74. The van der Waals surface area contributed by atoms with Gasteiger partial charge in [0, 0.05) is 17.6 Å². The van der Waals surface area contributed by atoms with Crippen LogP contribution in [0.5, 0.6) is 0 Å². The van der Waals surface area contributed by atoms with Gasteiger partial charge in [-0.25, -0.2) is 9.37 Å². The Kier molecular flexibility index (Phi) is 6.79. The summed E-state index contributed by atoms with van der Waals surface area (Å²) in [4.78, 5) is 20.2. The standard InChI is InChI=1S/C22H22FN3OS/c1-26(2)20(16-8-6-9-17(23)14-16)15-25-21(27)19-12-7-13-24-22(19)28-18-10-4-3-5-11-18/h3-14,20H,15H2,1-2H3,(H,25,27)/t20-/m1/s1. The summed E-state index contributed by atoms with van der Waals surface area (Å²) in [5.74, 6) is -0.487. The summed E-state index contributed by atoms with van der Waals surface area (Å²) in [6, 6.07) is 19.6. The van der Waals surface area contributed by atoms with Crippen LogP contribution in [0, 0.1) is 5.82 Å². The first-order valence-electron chi connectivity index (χ1n) is 8.92. The molecule has 0 aliphatic rings. The summed E-state index contributed by atoms with van der Waals surface area (Å²) in [6.07, 6.45) is 1.68. The Hall–Kier alpha value is -2.70. The van der Waals surface area contributed by atoms with Crippen molar-refractivity contribution in [3.05, 3.63) is 89.9 Å². The monoisotopic (exact) mass is 395 g/mol. The molecule has 0 bridgehead atoms. The molecule has 0 radical (unpaired) electrons. The maximum absolute atomic E-state index is 13.6. The highest BCUT2D eigenvalue weighted by molar-refractivity contribution is 7.99. The van der Waals surface area contributed by atoms with E-state index in [4.69, 9.17) is 0 Å². The lowest BCUT2D eigenvalue weighted by atomic mass is 10.1. The topological polar surface area (TPSA) is 45.2 Å². The molecule has 0 fully saturated rings. The Labute approximate surface area is 168 Å². The number of nitrogens with one attached hydrogen (secondary N) is 1. The van der Waals surface area contributed by atoms with Crippen molar-refractivity contribution < 1.29 is 9.18 Å². The Bertz CT molecular complexity index is 934. The summed E-state index contributed by atoms with van der Waals surface area (Å²) in [6.45, 7) is 0.361. The quantitative estimate of drug-likeness (QED) is 0.644. The molecule has 0 saturated heterocycles. The van der Waals surface area contributed by atoms with Gasteiger partial charge in [-0.2, -0.15) is 0 Å². The molecule has 0 spiro atoms. The molecule has 144 valence electrons. The second-order valence-electron chi connectivity index (χ2n) is 6.52. The van der Waals surface area contributed by atoms with Crippen LogP contribution in [0.15, 0.2) is 82.8 Å². The summed E-state index contributed by atoms with van der Waals surface area (Å²) in [5, 5.41) is 3.62. The van der Waals surface area contributed by atoms with Gasteiger partial charge < -0.3 is 10.2 Å². The zero-order valence-electron chi connectivity index (χ0n) is 15.8. The number of rotatable bonds is 7. The average molecular weight is 396 g/mol. The molecule has 0 aliphatic heterocycles. The van der Waals surface area contributed by atoms with Crippen LogP contribution < -0.4 is 5.32 Å². The van der Waals surface area contributed by atoms with Crippen molar-refractivity contribution in [1.82, 2.24) is 15.2 Å². The van der Waals surface area contributed by atoms with Crippen molar-refractivity contribution in [2.75, 3.05) is 20.6 Å². The predicted octanol–water partition coefficient (Wildman–Crippen LogP) is 4.40. The molecule has 3 aromatic rings. The lowest BCUT2D eigenvalue weighted by Crippen LogP contribution is -2.34. The van der Waals surface area contributed by atoms with Crippen molar-refractivity contribution in [3.63, 3.8) is 0 Å². The fourth-order valence-electron chi connectivity index (χ4n) is 2.84. The van der Waals surface area contributed by atoms with Gasteiger partial charge in [-0.3, -0.25) is 4.79 Å². The van der Waals surface area contributed by atoms with Gasteiger partial charge in [-0.1, -0.05) is 42.1 Å². The van der Waals surface area contributed by atoms with Crippen LogP contribution in [0.1, 0.15) is 22.0 Å². The van der Waals surface area contributed by atoms with E-state index in [9.17, 15) is 9.18 Å². The second kappa shape index (κ2) is 9.48. The third-order valence-electron chi connectivity index (χ3n) is 4.29. The third kappa shape index (κ3) is 5.18. The number of carbonyl (C=O) groups is 1. The number of aromatic nitrogens is 1. The summed E-state index contributed by atoms with van der Waals surface area (Å²) >= 11 is 1.45. The van der Waals surface area contributed by atoms with E-state index in [1.54, 1.807) is 24.4 Å². The Morgan fingerprint density at radius 3 is 2.61 bits per heavy atom. The molecular weight excluding hydrogens is 373 g/mol. The van der Waals surface area contributed by atoms with E-state index in [2.05, 4.69) is 10.3 Å². The van der Waals surface area contributed by atoms with Crippen LogP contribution in [0.2, 0.25) is 0 Å². The Morgan fingerprint density at radius 1 is 1.11 bits per heavy atom. The second-order valence-corrected chi connectivity index (χ2v) is 7.58. The lowest BCUT2D eigenvalue weighted by Gasteiger charge is -2.25. The van der Waals surface area contributed by atoms with Gasteiger partial charge in [0.25, 0.3) is 5.91 Å².